The summed E-state index contributed by atoms with van der Waals surface area (Å²) < 4.78 is 12.1. The lowest BCUT2D eigenvalue weighted by atomic mass is 10.1. The zero-order chi connectivity index (χ0) is 13.8. The number of anilines is 1. The van der Waals surface area contributed by atoms with Crippen molar-refractivity contribution in [1.82, 2.24) is 20.2 Å². The fourth-order valence-electron chi connectivity index (χ4n) is 1.88. The second kappa shape index (κ2) is 5.66. The lowest BCUT2D eigenvalue weighted by molar-refractivity contribution is 0.156. The molecule has 0 fully saturated rings. The fraction of sp³-hybridized carbons (Fsp3) is 0.417. The van der Waals surface area contributed by atoms with Gasteiger partial charge in [0.05, 0.1) is 25.3 Å². The van der Waals surface area contributed by atoms with Gasteiger partial charge in [0.2, 0.25) is 0 Å². The number of hydrogen-bond donors (Lipinski definition) is 1. The third kappa shape index (κ3) is 2.65. The molecule has 0 aliphatic rings. The minimum absolute atomic E-state index is 0.0149. The molecule has 1 heterocycles. The van der Waals surface area contributed by atoms with Gasteiger partial charge in [0.1, 0.15) is 5.75 Å². The highest BCUT2D eigenvalue weighted by Gasteiger charge is 2.18. The number of nitrogens with zero attached hydrogens (tertiary/aromatic N) is 4. The van der Waals surface area contributed by atoms with Crippen LogP contribution in [0.3, 0.4) is 0 Å². The van der Waals surface area contributed by atoms with E-state index in [1.165, 1.54) is 0 Å². The van der Waals surface area contributed by atoms with Crippen LogP contribution in [0.2, 0.25) is 0 Å². The summed E-state index contributed by atoms with van der Waals surface area (Å²) in [6.45, 7) is 2.49. The third-order valence-corrected chi connectivity index (χ3v) is 2.78. The Kier molecular flexibility index (Phi) is 3.96. The first-order valence-corrected chi connectivity index (χ1v) is 5.88. The monoisotopic (exact) mass is 263 g/mol. The molecule has 0 spiro atoms. The van der Waals surface area contributed by atoms with E-state index in [1.807, 2.05) is 6.92 Å². The van der Waals surface area contributed by atoms with Crippen LogP contribution >= 0.6 is 0 Å². The molecular formula is C12H17N5O2. The summed E-state index contributed by atoms with van der Waals surface area (Å²) in [5.74, 6) is 1.28. The van der Waals surface area contributed by atoms with E-state index < -0.39 is 0 Å². The molecule has 0 aliphatic carbocycles. The van der Waals surface area contributed by atoms with E-state index in [4.69, 9.17) is 15.2 Å². The Labute approximate surface area is 111 Å². The highest BCUT2D eigenvalue weighted by atomic mass is 16.5. The van der Waals surface area contributed by atoms with E-state index in [2.05, 4.69) is 15.5 Å². The van der Waals surface area contributed by atoms with Crippen LogP contribution in [0.5, 0.6) is 5.75 Å². The Hall–Kier alpha value is -2.15. The second-order valence-electron chi connectivity index (χ2n) is 4.21. The van der Waals surface area contributed by atoms with Gasteiger partial charge in [-0.1, -0.05) is 0 Å². The minimum Gasteiger partial charge on any atom is -0.496 e. The van der Waals surface area contributed by atoms with Gasteiger partial charge in [-0.3, -0.25) is 0 Å². The summed E-state index contributed by atoms with van der Waals surface area (Å²) in [5, 5.41) is 11.8. The van der Waals surface area contributed by atoms with Crippen molar-refractivity contribution in [3.05, 3.63) is 18.2 Å². The standard InChI is InChI=1S/C12H17N5O2/c1-8(7-18-2)17-12(14-15-16-17)10-6-9(13)4-5-11(10)19-3/h4-6,8H,7,13H2,1-3H3. The number of benzene rings is 1. The van der Waals surface area contributed by atoms with Gasteiger partial charge in [-0.25, -0.2) is 4.68 Å². The first kappa shape index (κ1) is 13.3. The zero-order valence-electron chi connectivity index (χ0n) is 11.2. The molecule has 7 nitrogen and oxygen atoms in total. The van der Waals surface area contributed by atoms with Gasteiger partial charge in [-0.05, 0) is 35.5 Å². The van der Waals surface area contributed by atoms with Crippen molar-refractivity contribution in [2.24, 2.45) is 0 Å². The lowest BCUT2D eigenvalue weighted by Gasteiger charge is -2.14. The van der Waals surface area contributed by atoms with E-state index >= 15 is 0 Å². The van der Waals surface area contributed by atoms with Gasteiger partial charge < -0.3 is 15.2 Å². The van der Waals surface area contributed by atoms with Crippen LogP contribution in [0.25, 0.3) is 11.4 Å². The molecule has 2 N–H and O–H groups in total. The third-order valence-electron chi connectivity index (χ3n) is 2.78. The summed E-state index contributed by atoms with van der Waals surface area (Å²) in [6, 6.07) is 5.38. The van der Waals surface area contributed by atoms with Crippen molar-refractivity contribution in [2.75, 3.05) is 26.6 Å². The quantitative estimate of drug-likeness (QED) is 0.814. The summed E-state index contributed by atoms with van der Waals surface area (Å²) in [4.78, 5) is 0. The topological polar surface area (TPSA) is 88.1 Å². The van der Waals surface area contributed by atoms with Gasteiger partial charge in [-0.15, -0.1) is 5.10 Å². The van der Waals surface area contributed by atoms with Crippen LogP contribution in [0.4, 0.5) is 5.69 Å². The number of aromatic nitrogens is 4. The van der Waals surface area contributed by atoms with Crippen molar-refractivity contribution in [3.8, 4) is 17.1 Å². The Morgan fingerprint density at radius 2 is 2.16 bits per heavy atom. The van der Waals surface area contributed by atoms with Crippen molar-refractivity contribution >= 4 is 5.69 Å². The van der Waals surface area contributed by atoms with Crippen LogP contribution < -0.4 is 10.5 Å². The molecular weight excluding hydrogens is 246 g/mol. The Bertz CT molecular complexity index is 555. The molecule has 1 aromatic heterocycles. The normalized spacial score (nSPS) is 12.4. The SMILES string of the molecule is COCC(C)n1nnnc1-c1cc(N)ccc1OC. The molecule has 0 saturated heterocycles. The average Bonchev–Trinajstić information content (AvgIpc) is 2.88. The number of hydrogen-bond acceptors (Lipinski definition) is 6. The maximum Gasteiger partial charge on any atom is 0.186 e. The Morgan fingerprint density at radius 3 is 2.84 bits per heavy atom. The van der Waals surface area contributed by atoms with E-state index in [9.17, 15) is 0 Å². The van der Waals surface area contributed by atoms with Crippen LogP contribution in [0.15, 0.2) is 18.2 Å². The van der Waals surface area contributed by atoms with E-state index in [0.29, 0.717) is 23.9 Å². The molecule has 7 heteroatoms. The summed E-state index contributed by atoms with van der Waals surface area (Å²) in [5.41, 5.74) is 7.20. The number of tetrazole rings is 1. The first-order chi connectivity index (χ1) is 9.17. The molecule has 1 aromatic carbocycles. The highest BCUT2D eigenvalue weighted by molar-refractivity contribution is 5.68. The van der Waals surface area contributed by atoms with Crippen LogP contribution in [0.1, 0.15) is 13.0 Å². The molecule has 0 aliphatic heterocycles. The smallest absolute Gasteiger partial charge is 0.186 e. The molecule has 2 aromatic rings. The molecule has 2 rings (SSSR count). The van der Waals surface area contributed by atoms with Crippen LogP contribution in [-0.2, 0) is 4.74 Å². The van der Waals surface area contributed by atoms with Crippen LogP contribution in [-0.4, -0.2) is 41.0 Å². The minimum atomic E-state index is 0.0149. The number of methoxy groups -OCH3 is 2. The predicted octanol–water partition coefficient (Wildman–Crippen LogP) is 1.14. The van der Waals surface area contributed by atoms with E-state index in [0.717, 1.165) is 5.56 Å². The lowest BCUT2D eigenvalue weighted by Crippen LogP contribution is -2.14. The molecule has 1 atom stereocenters. The summed E-state index contributed by atoms with van der Waals surface area (Å²) >= 11 is 0. The molecule has 0 saturated carbocycles. The largest absolute Gasteiger partial charge is 0.496 e. The number of rotatable bonds is 5. The zero-order valence-corrected chi connectivity index (χ0v) is 11.2. The van der Waals surface area contributed by atoms with E-state index in [1.54, 1.807) is 37.1 Å². The maximum absolute atomic E-state index is 5.82. The first-order valence-electron chi connectivity index (χ1n) is 5.88. The molecule has 1 unspecified atom stereocenters. The number of nitrogens with two attached hydrogens (primary N) is 1. The summed E-state index contributed by atoms with van der Waals surface area (Å²) in [7, 11) is 3.24. The summed E-state index contributed by atoms with van der Waals surface area (Å²) in [6.07, 6.45) is 0. The highest BCUT2D eigenvalue weighted by Crippen LogP contribution is 2.31. The maximum atomic E-state index is 5.82. The molecule has 102 valence electrons. The van der Waals surface area contributed by atoms with Gasteiger partial charge >= 0.3 is 0 Å². The van der Waals surface area contributed by atoms with Gasteiger partial charge in [0.25, 0.3) is 0 Å². The number of nitrogen functional groups attached to an aromatic ring is 1. The Balaban J connectivity index is 2.47. The molecule has 19 heavy (non-hydrogen) atoms. The molecule has 0 radical (unpaired) electrons. The van der Waals surface area contributed by atoms with Crippen LogP contribution in [0, 0.1) is 0 Å². The van der Waals surface area contributed by atoms with Gasteiger partial charge in [0, 0.05) is 12.8 Å². The molecule has 0 bridgehead atoms. The van der Waals surface area contributed by atoms with E-state index in [-0.39, 0.29) is 6.04 Å². The van der Waals surface area contributed by atoms with Gasteiger partial charge in [-0.2, -0.15) is 0 Å². The van der Waals surface area contributed by atoms with Crippen molar-refractivity contribution in [3.63, 3.8) is 0 Å². The van der Waals surface area contributed by atoms with Crippen molar-refractivity contribution in [1.29, 1.82) is 0 Å². The second-order valence-corrected chi connectivity index (χ2v) is 4.21. The van der Waals surface area contributed by atoms with Crippen molar-refractivity contribution < 1.29 is 9.47 Å². The number of ether oxygens (including phenoxy) is 2. The predicted molar refractivity (Wildman–Crippen MR) is 70.8 cm³/mol. The Morgan fingerprint density at radius 1 is 1.37 bits per heavy atom. The fourth-order valence-corrected chi connectivity index (χ4v) is 1.88. The van der Waals surface area contributed by atoms with Crippen molar-refractivity contribution in [2.45, 2.75) is 13.0 Å². The van der Waals surface area contributed by atoms with Gasteiger partial charge in [0.15, 0.2) is 5.82 Å². The molecule has 0 amide bonds. The average molecular weight is 263 g/mol.